The molecule has 0 unspecified atom stereocenters. The van der Waals surface area contributed by atoms with Crippen LogP contribution in [0.3, 0.4) is 0 Å². The summed E-state index contributed by atoms with van der Waals surface area (Å²) in [4.78, 5) is 0. The summed E-state index contributed by atoms with van der Waals surface area (Å²) in [6.07, 6.45) is 1.47. The number of rotatable bonds is 2. The Morgan fingerprint density at radius 3 is 2.08 bits per heavy atom. The normalized spacial score (nSPS) is 9.77. The Hall–Kier alpha value is -0.780. The number of benzene rings is 1. The maximum absolute atomic E-state index is 10.2. The summed E-state index contributed by atoms with van der Waals surface area (Å²) in [5.41, 5.74) is 0.343. The first-order chi connectivity index (χ1) is 6.08. The van der Waals surface area contributed by atoms with Crippen LogP contribution in [0.15, 0.2) is 30.3 Å². The maximum atomic E-state index is 10.2. The number of alkyl halides is 1. The van der Waals surface area contributed by atoms with E-state index in [0.717, 1.165) is 0 Å². The van der Waals surface area contributed by atoms with Crippen LogP contribution in [0, 0.1) is 0 Å². The highest BCUT2D eigenvalue weighted by atomic mass is 35.5. The van der Waals surface area contributed by atoms with Crippen LogP contribution in [0.4, 0.5) is 5.69 Å². The van der Waals surface area contributed by atoms with Crippen LogP contribution in [-0.4, -0.2) is 19.4 Å². The van der Waals surface area contributed by atoms with Crippen molar-refractivity contribution in [3.05, 3.63) is 30.3 Å². The highest BCUT2D eigenvalue weighted by Gasteiger charge is 2.00. The van der Waals surface area contributed by atoms with E-state index in [-0.39, 0.29) is 0 Å². The largest absolute Gasteiger partial charge is 0.357 e. The third-order valence-corrected chi connectivity index (χ3v) is 1.51. The molecule has 2 N–H and O–H groups in total. The van der Waals surface area contributed by atoms with E-state index in [9.17, 15) is 8.42 Å². The van der Waals surface area contributed by atoms with Crippen LogP contribution in [0.1, 0.15) is 0 Å². The molecule has 1 rings (SSSR count). The van der Waals surface area contributed by atoms with Crippen molar-refractivity contribution in [2.75, 3.05) is 11.1 Å². The van der Waals surface area contributed by atoms with Crippen molar-refractivity contribution in [2.45, 2.75) is 0 Å². The minimum atomic E-state index is -4.13. The molecular formula is C7H10ClNO3S. The second kappa shape index (κ2) is 5.80. The molecule has 1 aromatic carbocycles. The summed E-state index contributed by atoms with van der Waals surface area (Å²) in [6.45, 7) is 0. The fraction of sp³-hybridized carbons (Fsp3) is 0.143. The van der Waals surface area contributed by atoms with Crippen LogP contribution in [0.2, 0.25) is 0 Å². The van der Waals surface area contributed by atoms with Gasteiger partial charge in [-0.15, -0.1) is 11.6 Å². The van der Waals surface area contributed by atoms with Gasteiger partial charge < -0.3 is 0 Å². The monoisotopic (exact) mass is 223 g/mol. The Bertz CT molecular complexity index is 325. The second-order valence-electron chi connectivity index (χ2n) is 1.94. The van der Waals surface area contributed by atoms with Crippen molar-refractivity contribution in [3.63, 3.8) is 0 Å². The maximum Gasteiger partial charge on any atom is 0.357 e. The lowest BCUT2D eigenvalue weighted by molar-refractivity contribution is 0.490. The average molecular weight is 224 g/mol. The molecule has 0 radical (unpaired) electrons. The molecule has 4 nitrogen and oxygen atoms in total. The van der Waals surface area contributed by atoms with Gasteiger partial charge in [0.05, 0.1) is 5.69 Å². The lowest BCUT2D eigenvalue weighted by atomic mass is 10.3. The van der Waals surface area contributed by atoms with Gasteiger partial charge in [-0.2, -0.15) is 8.42 Å². The molecule has 0 spiro atoms. The standard InChI is InChI=1S/C6H7NO3S.CH3Cl/c8-11(9,10)7-6-4-2-1-3-5-6;1-2/h1-5,7H,(H,8,9,10);1H3. The summed E-state index contributed by atoms with van der Waals surface area (Å²) in [7, 11) is -4.13. The minimum absolute atomic E-state index is 0.343. The van der Waals surface area contributed by atoms with E-state index in [1.165, 1.54) is 18.5 Å². The second-order valence-corrected chi connectivity index (χ2v) is 3.10. The van der Waals surface area contributed by atoms with Gasteiger partial charge in [-0.1, -0.05) is 18.2 Å². The van der Waals surface area contributed by atoms with Crippen LogP contribution in [0.25, 0.3) is 0 Å². The molecule has 0 saturated heterocycles. The van der Waals surface area contributed by atoms with E-state index < -0.39 is 10.3 Å². The first kappa shape index (κ1) is 12.2. The lowest BCUT2D eigenvalue weighted by Crippen LogP contribution is -2.09. The van der Waals surface area contributed by atoms with E-state index in [1.807, 2.05) is 4.72 Å². The summed E-state index contributed by atoms with van der Waals surface area (Å²) in [5, 5.41) is 0. The molecule has 0 heterocycles. The van der Waals surface area contributed by atoms with Crippen molar-refractivity contribution in [3.8, 4) is 0 Å². The highest BCUT2D eigenvalue weighted by Crippen LogP contribution is 2.05. The number of halogens is 1. The topological polar surface area (TPSA) is 66.4 Å². The van der Waals surface area contributed by atoms with Gasteiger partial charge >= 0.3 is 10.3 Å². The van der Waals surface area contributed by atoms with Crippen molar-refractivity contribution < 1.29 is 13.0 Å². The Kier molecular flexibility index (Phi) is 5.45. The summed E-state index contributed by atoms with van der Waals surface area (Å²) in [5.74, 6) is 0. The molecule has 74 valence electrons. The van der Waals surface area contributed by atoms with E-state index in [2.05, 4.69) is 11.6 Å². The van der Waals surface area contributed by atoms with E-state index in [0.29, 0.717) is 5.69 Å². The molecule has 1 aromatic rings. The SMILES string of the molecule is CCl.O=S(=O)(O)Nc1ccccc1. The van der Waals surface area contributed by atoms with Crippen LogP contribution in [-0.2, 0) is 10.3 Å². The van der Waals surface area contributed by atoms with Gasteiger partial charge in [0.1, 0.15) is 0 Å². The molecule has 0 aromatic heterocycles. The average Bonchev–Trinajstić information content (AvgIpc) is 2.07. The zero-order valence-electron chi connectivity index (χ0n) is 6.94. The minimum Gasteiger partial charge on any atom is -0.269 e. The summed E-state index contributed by atoms with van der Waals surface area (Å²) < 4.78 is 30.7. The third-order valence-electron chi connectivity index (χ3n) is 1.02. The van der Waals surface area contributed by atoms with Crippen molar-refractivity contribution in [1.29, 1.82) is 0 Å². The van der Waals surface area contributed by atoms with Crippen LogP contribution >= 0.6 is 11.6 Å². The van der Waals surface area contributed by atoms with Gasteiger partial charge in [0.25, 0.3) is 0 Å². The summed E-state index contributed by atoms with van der Waals surface area (Å²) >= 11 is 4.64. The Morgan fingerprint density at radius 1 is 1.23 bits per heavy atom. The van der Waals surface area contributed by atoms with Crippen molar-refractivity contribution in [2.24, 2.45) is 0 Å². The van der Waals surface area contributed by atoms with Crippen molar-refractivity contribution >= 4 is 27.6 Å². The predicted molar refractivity (Wildman–Crippen MR) is 53.4 cm³/mol. The molecule has 0 fully saturated rings. The molecule has 13 heavy (non-hydrogen) atoms. The fourth-order valence-corrected chi connectivity index (χ4v) is 1.09. The first-order valence-electron chi connectivity index (χ1n) is 3.26. The number of para-hydroxylation sites is 1. The molecule has 0 aliphatic rings. The Labute approximate surface area is 82.4 Å². The first-order valence-corrected chi connectivity index (χ1v) is 5.45. The molecule has 0 amide bonds. The van der Waals surface area contributed by atoms with Gasteiger partial charge in [-0.05, 0) is 12.1 Å². The number of anilines is 1. The molecule has 0 atom stereocenters. The lowest BCUT2D eigenvalue weighted by Gasteiger charge is -1.99. The smallest absolute Gasteiger partial charge is 0.269 e. The third kappa shape index (κ3) is 6.39. The quantitative estimate of drug-likeness (QED) is 0.593. The van der Waals surface area contributed by atoms with Gasteiger partial charge in [0.15, 0.2) is 0 Å². The van der Waals surface area contributed by atoms with Crippen LogP contribution < -0.4 is 4.72 Å². The molecular weight excluding hydrogens is 214 g/mol. The van der Waals surface area contributed by atoms with Gasteiger partial charge in [-0.25, -0.2) is 0 Å². The highest BCUT2D eigenvalue weighted by molar-refractivity contribution is 7.87. The molecule has 6 heteroatoms. The molecule has 0 aliphatic carbocycles. The molecule has 0 bridgehead atoms. The number of hydrogen-bond acceptors (Lipinski definition) is 2. The zero-order valence-corrected chi connectivity index (χ0v) is 8.51. The predicted octanol–water partition coefficient (Wildman–Crippen LogP) is 1.76. The Morgan fingerprint density at radius 2 is 1.69 bits per heavy atom. The number of hydrogen-bond donors (Lipinski definition) is 2. The van der Waals surface area contributed by atoms with E-state index >= 15 is 0 Å². The van der Waals surface area contributed by atoms with Gasteiger partial charge in [0.2, 0.25) is 0 Å². The molecule has 0 aliphatic heterocycles. The van der Waals surface area contributed by atoms with Gasteiger partial charge in [0, 0.05) is 6.38 Å². The van der Waals surface area contributed by atoms with Crippen LogP contribution in [0.5, 0.6) is 0 Å². The number of nitrogens with one attached hydrogen (secondary N) is 1. The zero-order chi connectivity index (χ0) is 10.3. The van der Waals surface area contributed by atoms with Gasteiger partial charge in [-0.3, -0.25) is 9.27 Å². The van der Waals surface area contributed by atoms with E-state index in [1.54, 1.807) is 18.2 Å². The van der Waals surface area contributed by atoms with Crippen molar-refractivity contribution in [1.82, 2.24) is 0 Å². The van der Waals surface area contributed by atoms with E-state index in [4.69, 9.17) is 4.55 Å². The molecule has 0 saturated carbocycles. The summed E-state index contributed by atoms with van der Waals surface area (Å²) in [6, 6.07) is 8.14. The Balaban J connectivity index is 0.000000671. The fourth-order valence-electron chi connectivity index (χ4n) is 0.655.